The Kier molecular flexibility index (Phi) is 2.35. The van der Waals surface area contributed by atoms with E-state index in [-0.39, 0.29) is 0 Å². The first-order valence-electron chi connectivity index (χ1n) is 2.08. The number of rotatable bonds is 2. The zero-order valence-corrected chi connectivity index (χ0v) is 6.59. The van der Waals surface area contributed by atoms with E-state index in [2.05, 4.69) is 0 Å². The number of hydrogen-bond donors (Lipinski definition) is 1. The molecule has 0 unspecified atom stereocenters. The van der Waals surface area contributed by atoms with E-state index < -0.39 is 25.9 Å². The second-order valence-corrected chi connectivity index (χ2v) is 4.68. The van der Waals surface area contributed by atoms with Crippen LogP contribution >= 0.6 is 0 Å². The summed E-state index contributed by atoms with van der Waals surface area (Å²) in [6.45, 7) is 2.89. The van der Waals surface area contributed by atoms with Crippen LogP contribution in [-0.4, -0.2) is 26.8 Å². The van der Waals surface area contributed by atoms with Crippen LogP contribution in [-0.2, 0) is 8.53 Å². The number of aliphatic carboxylic acids is 1. The summed E-state index contributed by atoms with van der Waals surface area (Å²) in [7, 11) is 0. The van der Waals surface area contributed by atoms with Crippen LogP contribution in [0.1, 0.15) is 13.8 Å². The molecule has 8 heavy (non-hydrogen) atoms. The molecule has 0 aliphatic carbocycles. The van der Waals surface area contributed by atoms with Crippen molar-refractivity contribution in [3.63, 3.8) is 0 Å². The first-order valence-corrected chi connectivity index (χ1v) is 3.79. The Labute approximate surface area is 54.0 Å². The molecule has 0 rings (SSSR count). The molecule has 0 aliphatic rings. The molecule has 1 N–H and O–H groups in total. The number of carboxylic acids is 1. The predicted molar refractivity (Wildman–Crippen MR) is 28.1 cm³/mol. The van der Waals surface area contributed by atoms with Crippen molar-refractivity contribution < 1.29 is 13.6 Å². The standard InChI is InChI=1S/C4H7AsO3/c1-4(2,5-8)3(6)7/h1-2H3,(H,6,7). The summed E-state index contributed by atoms with van der Waals surface area (Å²) in [6, 6.07) is 0. The zero-order chi connectivity index (χ0) is 6.78. The van der Waals surface area contributed by atoms with Crippen molar-refractivity contribution >= 4 is 21.7 Å². The van der Waals surface area contributed by atoms with E-state index in [1.807, 2.05) is 0 Å². The molecule has 0 aromatic carbocycles. The van der Waals surface area contributed by atoms with Gasteiger partial charge in [0, 0.05) is 0 Å². The topological polar surface area (TPSA) is 54.4 Å². The summed E-state index contributed by atoms with van der Waals surface area (Å²) in [6.07, 6.45) is 0. The Morgan fingerprint density at radius 1 is 1.62 bits per heavy atom. The average molecular weight is 178 g/mol. The molecule has 0 aliphatic heterocycles. The summed E-state index contributed by atoms with van der Waals surface area (Å²) in [4.78, 5) is 10.1. The van der Waals surface area contributed by atoms with E-state index in [9.17, 15) is 8.53 Å². The van der Waals surface area contributed by atoms with Gasteiger partial charge in [-0.25, -0.2) is 0 Å². The summed E-state index contributed by atoms with van der Waals surface area (Å²) in [5, 5.41) is 8.26. The SMILES string of the molecule is CC(C)([As]=O)C(=O)O. The minimum absolute atomic E-state index is 0.993. The molecule has 0 bridgehead atoms. The fraction of sp³-hybridized carbons (Fsp3) is 0.750. The van der Waals surface area contributed by atoms with E-state index in [1.54, 1.807) is 0 Å². The second-order valence-electron chi connectivity index (χ2n) is 1.96. The average Bonchev–Trinajstić information content (AvgIpc) is 1.67. The molecule has 46 valence electrons. The van der Waals surface area contributed by atoms with Gasteiger partial charge in [-0.3, -0.25) is 0 Å². The van der Waals surface area contributed by atoms with E-state index in [0.29, 0.717) is 0 Å². The fourth-order valence-corrected chi connectivity index (χ4v) is 0.203. The van der Waals surface area contributed by atoms with Crippen LogP contribution in [0.25, 0.3) is 0 Å². The molecule has 0 saturated carbocycles. The molecular formula is C4H7AsO3. The molecule has 0 aromatic heterocycles. The van der Waals surface area contributed by atoms with Gasteiger partial charge in [0.25, 0.3) is 0 Å². The monoisotopic (exact) mass is 178 g/mol. The van der Waals surface area contributed by atoms with Gasteiger partial charge >= 0.3 is 53.4 Å². The molecule has 0 atom stereocenters. The predicted octanol–water partition coefficient (Wildman–Crippen LogP) is 0.319. The fourth-order valence-electron chi connectivity index (χ4n) is 0.0390. The molecule has 0 saturated heterocycles. The van der Waals surface area contributed by atoms with Crippen molar-refractivity contribution in [3.8, 4) is 0 Å². The van der Waals surface area contributed by atoms with E-state index in [1.165, 1.54) is 13.8 Å². The second kappa shape index (κ2) is 2.40. The van der Waals surface area contributed by atoms with Crippen LogP contribution < -0.4 is 0 Å². The zero-order valence-electron chi connectivity index (χ0n) is 4.71. The Balaban J connectivity index is 4.12. The first kappa shape index (κ1) is 7.83. The van der Waals surface area contributed by atoms with Crippen LogP contribution in [0.15, 0.2) is 0 Å². The molecule has 0 spiro atoms. The number of hydrogen-bond acceptors (Lipinski definition) is 2. The van der Waals surface area contributed by atoms with Crippen molar-refractivity contribution in [2.75, 3.05) is 0 Å². The number of carbonyl (C=O) groups is 1. The van der Waals surface area contributed by atoms with Crippen LogP contribution in [0.5, 0.6) is 0 Å². The molecular weight excluding hydrogens is 171 g/mol. The Morgan fingerprint density at radius 3 is 2.00 bits per heavy atom. The Bertz CT molecular complexity index is 118. The van der Waals surface area contributed by atoms with Gasteiger partial charge in [-0.2, -0.15) is 0 Å². The maximum absolute atomic E-state index is 10.1. The molecule has 0 fully saturated rings. The third-order valence-electron chi connectivity index (χ3n) is 0.752. The van der Waals surface area contributed by atoms with Crippen molar-refractivity contribution in [1.82, 2.24) is 0 Å². The van der Waals surface area contributed by atoms with Gasteiger partial charge in [0.05, 0.1) is 0 Å². The van der Waals surface area contributed by atoms with Crippen LogP contribution in [0.2, 0.25) is 4.20 Å². The van der Waals surface area contributed by atoms with Crippen molar-refractivity contribution in [3.05, 3.63) is 0 Å². The van der Waals surface area contributed by atoms with Gasteiger partial charge in [0.15, 0.2) is 0 Å². The molecule has 3 nitrogen and oxygen atoms in total. The third kappa shape index (κ3) is 1.74. The summed E-state index contributed by atoms with van der Waals surface area (Å²) in [5.41, 5.74) is 0. The van der Waals surface area contributed by atoms with E-state index in [4.69, 9.17) is 5.11 Å². The summed E-state index contributed by atoms with van der Waals surface area (Å²) >= 11 is -1.30. The van der Waals surface area contributed by atoms with Crippen molar-refractivity contribution in [2.24, 2.45) is 0 Å². The molecule has 0 amide bonds. The van der Waals surface area contributed by atoms with Gasteiger partial charge in [-0.15, -0.1) is 0 Å². The normalized spacial score (nSPS) is 11.8. The Hall–Kier alpha value is -0.172. The van der Waals surface area contributed by atoms with Crippen LogP contribution in [0.4, 0.5) is 0 Å². The summed E-state index contributed by atoms with van der Waals surface area (Å²) in [5.74, 6) is -0.993. The van der Waals surface area contributed by atoms with Gasteiger partial charge in [0.1, 0.15) is 0 Å². The van der Waals surface area contributed by atoms with Gasteiger partial charge in [-0.1, -0.05) is 0 Å². The Morgan fingerprint density at radius 2 is 2.00 bits per heavy atom. The van der Waals surface area contributed by atoms with E-state index >= 15 is 0 Å². The number of carboxylic acid groups (broad SMARTS) is 1. The van der Waals surface area contributed by atoms with Crippen molar-refractivity contribution in [1.29, 1.82) is 0 Å². The van der Waals surface area contributed by atoms with Crippen LogP contribution in [0.3, 0.4) is 0 Å². The van der Waals surface area contributed by atoms with Gasteiger partial charge in [0.2, 0.25) is 0 Å². The molecule has 0 heterocycles. The summed E-state index contributed by atoms with van der Waals surface area (Å²) < 4.78 is 9.10. The molecule has 4 heteroatoms. The third-order valence-corrected chi connectivity index (χ3v) is 2.11. The molecule has 0 aromatic rings. The van der Waals surface area contributed by atoms with Gasteiger partial charge < -0.3 is 0 Å². The van der Waals surface area contributed by atoms with E-state index in [0.717, 1.165) is 0 Å². The van der Waals surface area contributed by atoms with Gasteiger partial charge in [-0.05, 0) is 0 Å². The van der Waals surface area contributed by atoms with Crippen molar-refractivity contribution in [2.45, 2.75) is 18.1 Å². The molecule has 0 radical (unpaired) electrons. The quantitative estimate of drug-likeness (QED) is 0.619. The van der Waals surface area contributed by atoms with Crippen LogP contribution in [0, 0.1) is 0 Å². The maximum atomic E-state index is 10.1. The first-order chi connectivity index (χ1) is 3.50. The minimum atomic E-state index is -1.30.